The minimum Gasteiger partial charge on any atom is -0.325 e. The molecule has 0 bridgehead atoms. The summed E-state index contributed by atoms with van der Waals surface area (Å²) >= 11 is 0. The topological polar surface area (TPSA) is 49.8 Å². The largest absolute Gasteiger partial charge is 0.325 e. The first kappa shape index (κ1) is 11.2. The Morgan fingerprint density at radius 2 is 2.06 bits per heavy atom. The van der Waals surface area contributed by atoms with Crippen molar-refractivity contribution in [1.82, 2.24) is 15.3 Å². The van der Waals surface area contributed by atoms with Crippen LogP contribution in [0.3, 0.4) is 0 Å². The van der Waals surface area contributed by atoms with Gasteiger partial charge in [-0.1, -0.05) is 12.1 Å². The van der Waals surface area contributed by atoms with Crippen molar-refractivity contribution in [2.75, 3.05) is 11.9 Å². The van der Waals surface area contributed by atoms with E-state index in [1.807, 2.05) is 30.3 Å². The SMILES string of the molecule is c1ccc(Nc2cccc(C3CCCN3)n2)nc1. The van der Waals surface area contributed by atoms with E-state index in [2.05, 4.69) is 26.7 Å². The molecule has 1 fully saturated rings. The maximum atomic E-state index is 4.64. The number of hydrogen-bond donors (Lipinski definition) is 2. The van der Waals surface area contributed by atoms with Crippen molar-refractivity contribution < 1.29 is 0 Å². The van der Waals surface area contributed by atoms with Crippen LogP contribution in [0.4, 0.5) is 11.6 Å². The Bertz CT molecular complexity index is 506. The molecule has 1 aliphatic heterocycles. The molecule has 1 aliphatic rings. The smallest absolute Gasteiger partial charge is 0.131 e. The second kappa shape index (κ2) is 5.14. The average Bonchev–Trinajstić information content (AvgIpc) is 2.94. The Morgan fingerprint density at radius 3 is 2.83 bits per heavy atom. The van der Waals surface area contributed by atoms with Crippen LogP contribution in [0.15, 0.2) is 42.6 Å². The maximum Gasteiger partial charge on any atom is 0.131 e. The number of anilines is 2. The third-order valence-electron chi connectivity index (χ3n) is 3.11. The minimum absolute atomic E-state index is 0.399. The third kappa shape index (κ3) is 2.49. The van der Waals surface area contributed by atoms with Gasteiger partial charge in [0.2, 0.25) is 0 Å². The molecule has 92 valence electrons. The quantitative estimate of drug-likeness (QED) is 0.866. The van der Waals surface area contributed by atoms with Crippen LogP contribution in [0.1, 0.15) is 24.6 Å². The van der Waals surface area contributed by atoms with Crippen molar-refractivity contribution in [1.29, 1.82) is 0 Å². The fourth-order valence-electron chi connectivity index (χ4n) is 2.22. The highest BCUT2D eigenvalue weighted by Crippen LogP contribution is 2.22. The zero-order valence-electron chi connectivity index (χ0n) is 10.1. The van der Waals surface area contributed by atoms with Gasteiger partial charge < -0.3 is 10.6 Å². The van der Waals surface area contributed by atoms with Crippen molar-refractivity contribution in [2.24, 2.45) is 0 Å². The molecule has 2 aromatic heterocycles. The van der Waals surface area contributed by atoms with Crippen LogP contribution in [0.25, 0.3) is 0 Å². The van der Waals surface area contributed by atoms with E-state index in [0.717, 1.165) is 23.9 Å². The Balaban J connectivity index is 1.78. The third-order valence-corrected chi connectivity index (χ3v) is 3.11. The molecule has 4 nitrogen and oxygen atoms in total. The molecule has 18 heavy (non-hydrogen) atoms. The summed E-state index contributed by atoms with van der Waals surface area (Å²) in [7, 11) is 0. The summed E-state index contributed by atoms with van der Waals surface area (Å²) in [5, 5.41) is 6.68. The summed E-state index contributed by atoms with van der Waals surface area (Å²) in [5.74, 6) is 1.67. The molecule has 4 heteroatoms. The van der Waals surface area contributed by atoms with E-state index < -0.39 is 0 Å². The summed E-state index contributed by atoms with van der Waals surface area (Å²) in [5.41, 5.74) is 1.11. The van der Waals surface area contributed by atoms with Crippen LogP contribution < -0.4 is 10.6 Å². The van der Waals surface area contributed by atoms with Crippen LogP contribution in [0.5, 0.6) is 0 Å². The van der Waals surface area contributed by atoms with E-state index in [9.17, 15) is 0 Å². The first-order valence-corrected chi connectivity index (χ1v) is 6.30. The molecule has 2 N–H and O–H groups in total. The van der Waals surface area contributed by atoms with Crippen LogP contribution >= 0.6 is 0 Å². The lowest BCUT2D eigenvalue weighted by molar-refractivity contribution is 0.629. The van der Waals surface area contributed by atoms with Gasteiger partial charge in [0.25, 0.3) is 0 Å². The highest BCUT2D eigenvalue weighted by molar-refractivity contribution is 5.51. The Labute approximate surface area is 106 Å². The number of aromatic nitrogens is 2. The highest BCUT2D eigenvalue weighted by atomic mass is 15.1. The van der Waals surface area contributed by atoms with Crippen LogP contribution in [-0.4, -0.2) is 16.5 Å². The monoisotopic (exact) mass is 240 g/mol. The van der Waals surface area contributed by atoms with Gasteiger partial charge in [-0.05, 0) is 43.7 Å². The lowest BCUT2D eigenvalue weighted by Gasteiger charge is -2.11. The van der Waals surface area contributed by atoms with E-state index in [0.29, 0.717) is 6.04 Å². The van der Waals surface area contributed by atoms with Gasteiger partial charge in [-0.3, -0.25) is 0 Å². The molecule has 2 aromatic rings. The van der Waals surface area contributed by atoms with E-state index in [1.54, 1.807) is 6.20 Å². The summed E-state index contributed by atoms with van der Waals surface area (Å²) in [6.07, 6.45) is 4.16. The highest BCUT2D eigenvalue weighted by Gasteiger charge is 2.17. The molecule has 3 rings (SSSR count). The molecular formula is C14H16N4. The van der Waals surface area contributed by atoms with E-state index in [-0.39, 0.29) is 0 Å². The van der Waals surface area contributed by atoms with Gasteiger partial charge >= 0.3 is 0 Å². The molecule has 0 radical (unpaired) electrons. The predicted molar refractivity (Wildman–Crippen MR) is 71.7 cm³/mol. The van der Waals surface area contributed by atoms with Crippen molar-refractivity contribution in [2.45, 2.75) is 18.9 Å². The summed E-state index contributed by atoms with van der Waals surface area (Å²) in [4.78, 5) is 8.87. The fraction of sp³-hybridized carbons (Fsp3) is 0.286. The van der Waals surface area contributed by atoms with Crippen molar-refractivity contribution in [3.8, 4) is 0 Å². The second-order valence-electron chi connectivity index (χ2n) is 4.44. The van der Waals surface area contributed by atoms with Gasteiger partial charge in [-0.15, -0.1) is 0 Å². The normalized spacial score (nSPS) is 18.8. The molecule has 3 heterocycles. The average molecular weight is 240 g/mol. The van der Waals surface area contributed by atoms with E-state index in [4.69, 9.17) is 0 Å². The van der Waals surface area contributed by atoms with Crippen LogP contribution in [-0.2, 0) is 0 Å². The number of nitrogens with one attached hydrogen (secondary N) is 2. The summed E-state index contributed by atoms with van der Waals surface area (Å²) in [6, 6.07) is 12.3. The molecule has 1 unspecified atom stereocenters. The first-order valence-electron chi connectivity index (χ1n) is 6.30. The zero-order chi connectivity index (χ0) is 12.2. The number of pyridine rings is 2. The zero-order valence-corrected chi connectivity index (χ0v) is 10.1. The second-order valence-corrected chi connectivity index (χ2v) is 4.44. The van der Waals surface area contributed by atoms with Crippen molar-refractivity contribution >= 4 is 11.6 Å². The van der Waals surface area contributed by atoms with Gasteiger partial charge in [0.05, 0.1) is 5.69 Å². The van der Waals surface area contributed by atoms with Gasteiger partial charge in [0, 0.05) is 12.2 Å². The molecule has 1 atom stereocenters. The summed E-state index contributed by atoms with van der Waals surface area (Å²) in [6.45, 7) is 1.09. The standard InChI is InChI=1S/C14H16N4/c1-2-9-16-13(7-1)18-14-8-3-5-12(17-14)11-6-4-10-15-11/h1-3,5,7-9,11,15H,4,6,10H2,(H,16,17,18). The molecule has 0 aliphatic carbocycles. The van der Waals surface area contributed by atoms with Gasteiger partial charge in [-0.25, -0.2) is 9.97 Å². The fourth-order valence-corrected chi connectivity index (χ4v) is 2.22. The van der Waals surface area contributed by atoms with Gasteiger partial charge in [0.1, 0.15) is 11.6 Å². The summed E-state index contributed by atoms with van der Waals surface area (Å²) < 4.78 is 0. The van der Waals surface area contributed by atoms with Gasteiger partial charge in [-0.2, -0.15) is 0 Å². The predicted octanol–water partition coefficient (Wildman–Crippen LogP) is 2.64. The van der Waals surface area contributed by atoms with Crippen molar-refractivity contribution in [3.05, 3.63) is 48.3 Å². The van der Waals surface area contributed by atoms with Crippen molar-refractivity contribution in [3.63, 3.8) is 0 Å². The van der Waals surface area contributed by atoms with E-state index >= 15 is 0 Å². The Hall–Kier alpha value is -1.94. The molecule has 0 saturated carbocycles. The first-order chi connectivity index (χ1) is 8.92. The minimum atomic E-state index is 0.399. The van der Waals surface area contributed by atoms with Gasteiger partial charge in [0.15, 0.2) is 0 Å². The Morgan fingerprint density at radius 1 is 1.11 bits per heavy atom. The number of nitrogens with zero attached hydrogens (tertiary/aromatic N) is 2. The molecule has 0 spiro atoms. The molecular weight excluding hydrogens is 224 g/mol. The van der Waals surface area contributed by atoms with Crippen LogP contribution in [0.2, 0.25) is 0 Å². The lowest BCUT2D eigenvalue weighted by Crippen LogP contribution is -2.14. The molecule has 0 amide bonds. The number of hydrogen-bond acceptors (Lipinski definition) is 4. The molecule has 0 aromatic carbocycles. The number of rotatable bonds is 3. The molecule has 1 saturated heterocycles. The van der Waals surface area contributed by atoms with E-state index in [1.165, 1.54) is 12.8 Å². The van der Waals surface area contributed by atoms with Crippen LogP contribution in [0, 0.1) is 0 Å². The maximum absolute atomic E-state index is 4.64. The Kier molecular flexibility index (Phi) is 3.19. The lowest BCUT2D eigenvalue weighted by atomic mass is 10.1.